The van der Waals surface area contributed by atoms with E-state index in [1.165, 1.54) is 18.2 Å². The standard InChI is InChI=1S/C13H14F2O2/c14-13(15,10-5-1-2-6-10)11-7-3-4-9(8-11)12(16)17/h3-4,7-8,10H,1-2,5-6H2,(H,16,17). The summed E-state index contributed by atoms with van der Waals surface area (Å²) in [4.78, 5) is 10.8. The van der Waals surface area contributed by atoms with Gasteiger partial charge in [-0.2, -0.15) is 0 Å². The Bertz CT molecular complexity index is 423. The van der Waals surface area contributed by atoms with Gasteiger partial charge in [0.15, 0.2) is 0 Å². The summed E-state index contributed by atoms with van der Waals surface area (Å²) in [6.45, 7) is 0. The van der Waals surface area contributed by atoms with Crippen LogP contribution in [0, 0.1) is 5.92 Å². The van der Waals surface area contributed by atoms with Gasteiger partial charge in [0.05, 0.1) is 5.56 Å². The van der Waals surface area contributed by atoms with Crippen LogP contribution in [0.15, 0.2) is 24.3 Å². The number of aromatic carboxylic acids is 1. The molecule has 2 nitrogen and oxygen atoms in total. The highest BCUT2D eigenvalue weighted by Crippen LogP contribution is 2.44. The molecule has 2 rings (SSSR count). The van der Waals surface area contributed by atoms with Crippen molar-refractivity contribution in [1.29, 1.82) is 0 Å². The Labute approximate surface area is 98.3 Å². The third-order valence-electron chi connectivity index (χ3n) is 3.36. The number of benzene rings is 1. The Hall–Kier alpha value is -1.45. The van der Waals surface area contributed by atoms with Gasteiger partial charge < -0.3 is 5.11 Å². The van der Waals surface area contributed by atoms with Crippen molar-refractivity contribution >= 4 is 5.97 Å². The SMILES string of the molecule is O=C(O)c1cccc(C(F)(F)C2CCCC2)c1. The highest BCUT2D eigenvalue weighted by Gasteiger charge is 2.42. The second kappa shape index (κ2) is 4.43. The minimum Gasteiger partial charge on any atom is -0.478 e. The Kier molecular flexibility index (Phi) is 3.13. The summed E-state index contributed by atoms with van der Waals surface area (Å²) in [5.74, 6) is -4.73. The molecular formula is C13H14F2O2. The van der Waals surface area contributed by atoms with E-state index in [1.807, 2.05) is 0 Å². The van der Waals surface area contributed by atoms with Crippen LogP contribution in [-0.2, 0) is 5.92 Å². The molecule has 1 saturated carbocycles. The lowest BCUT2D eigenvalue weighted by Gasteiger charge is -2.23. The number of carboxylic acid groups (broad SMARTS) is 1. The summed E-state index contributed by atoms with van der Waals surface area (Å²) in [7, 11) is 0. The molecule has 1 aliphatic carbocycles. The molecule has 1 aromatic rings. The molecule has 4 heteroatoms. The molecule has 0 aromatic heterocycles. The summed E-state index contributed by atoms with van der Waals surface area (Å²) >= 11 is 0. The normalized spacial score (nSPS) is 17.3. The van der Waals surface area contributed by atoms with Crippen molar-refractivity contribution in [2.75, 3.05) is 0 Å². The van der Waals surface area contributed by atoms with E-state index in [1.54, 1.807) is 0 Å². The van der Waals surface area contributed by atoms with Gasteiger partial charge in [-0.3, -0.25) is 0 Å². The zero-order valence-corrected chi connectivity index (χ0v) is 9.33. The molecule has 17 heavy (non-hydrogen) atoms. The zero-order chi connectivity index (χ0) is 12.5. The van der Waals surface area contributed by atoms with Crippen LogP contribution in [0.25, 0.3) is 0 Å². The maximum absolute atomic E-state index is 14.1. The van der Waals surface area contributed by atoms with Crippen LogP contribution in [0.3, 0.4) is 0 Å². The maximum Gasteiger partial charge on any atom is 0.335 e. The maximum atomic E-state index is 14.1. The first-order chi connectivity index (χ1) is 8.01. The molecule has 0 spiro atoms. The van der Waals surface area contributed by atoms with E-state index in [0.717, 1.165) is 18.9 Å². The fourth-order valence-corrected chi connectivity index (χ4v) is 2.38. The third-order valence-corrected chi connectivity index (χ3v) is 3.36. The average molecular weight is 240 g/mol. The molecule has 0 bridgehead atoms. The van der Waals surface area contributed by atoms with E-state index in [9.17, 15) is 13.6 Å². The highest BCUT2D eigenvalue weighted by molar-refractivity contribution is 5.87. The lowest BCUT2D eigenvalue weighted by molar-refractivity contribution is -0.0626. The van der Waals surface area contributed by atoms with Crippen LogP contribution in [0.5, 0.6) is 0 Å². The molecule has 0 atom stereocenters. The smallest absolute Gasteiger partial charge is 0.335 e. The minimum absolute atomic E-state index is 0.0832. The van der Waals surface area contributed by atoms with Crippen LogP contribution < -0.4 is 0 Å². The van der Waals surface area contributed by atoms with Crippen molar-refractivity contribution in [3.05, 3.63) is 35.4 Å². The van der Waals surface area contributed by atoms with Gasteiger partial charge in [0.1, 0.15) is 0 Å². The third kappa shape index (κ3) is 2.30. The molecule has 0 heterocycles. The van der Waals surface area contributed by atoms with Gasteiger partial charge in [-0.05, 0) is 25.0 Å². The molecule has 92 valence electrons. The van der Waals surface area contributed by atoms with E-state index >= 15 is 0 Å². The van der Waals surface area contributed by atoms with Gasteiger partial charge in [-0.15, -0.1) is 0 Å². The Morgan fingerprint density at radius 1 is 1.29 bits per heavy atom. The summed E-state index contributed by atoms with van der Waals surface area (Å²) in [5.41, 5.74) is -0.260. The number of halogens is 2. The van der Waals surface area contributed by atoms with E-state index in [-0.39, 0.29) is 11.1 Å². The Morgan fingerprint density at radius 2 is 1.94 bits per heavy atom. The first kappa shape index (κ1) is 12.0. The van der Waals surface area contributed by atoms with Gasteiger partial charge in [0.2, 0.25) is 0 Å². The molecule has 1 aliphatic rings. The minimum atomic E-state index is -2.91. The Balaban J connectivity index is 2.31. The highest BCUT2D eigenvalue weighted by atomic mass is 19.3. The largest absolute Gasteiger partial charge is 0.478 e. The van der Waals surface area contributed by atoms with Crippen molar-refractivity contribution in [1.82, 2.24) is 0 Å². The lowest BCUT2D eigenvalue weighted by atomic mass is 9.92. The van der Waals surface area contributed by atoms with Crippen molar-refractivity contribution in [3.63, 3.8) is 0 Å². The quantitative estimate of drug-likeness (QED) is 0.875. The van der Waals surface area contributed by atoms with Crippen molar-refractivity contribution in [2.45, 2.75) is 31.6 Å². The molecule has 0 amide bonds. The van der Waals surface area contributed by atoms with Gasteiger partial charge in [0.25, 0.3) is 5.92 Å². The molecular weight excluding hydrogens is 226 g/mol. The number of hydrogen-bond donors (Lipinski definition) is 1. The van der Waals surface area contributed by atoms with E-state index in [2.05, 4.69) is 0 Å². The molecule has 1 aromatic carbocycles. The summed E-state index contributed by atoms with van der Waals surface area (Å²) in [6.07, 6.45) is 2.70. The number of rotatable bonds is 3. The van der Waals surface area contributed by atoms with Crippen LogP contribution in [0.2, 0.25) is 0 Å². The van der Waals surface area contributed by atoms with Crippen LogP contribution in [0.4, 0.5) is 8.78 Å². The fraction of sp³-hybridized carbons (Fsp3) is 0.462. The van der Waals surface area contributed by atoms with Gasteiger partial charge >= 0.3 is 5.97 Å². The second-order valence-corrected chi connectivity index (χ2v) is 4.49. The predicted octanol–water partition coefficient (Wildman–Crippen LogP) is 3.67. The molecule has 0 unspecified atom stereocenters. The number of alkyl halides is 2. The average Bonchev–Trinajstić information content (AvgIpc) is 2.83. The van der Waals surface area contributed by atoms with Crippen LogP contribution >= 0.6 is 0 Å². The molecule has 1 N–H and O–H groups in total. The lowest BCUT2D eigenvalue weighted by Crippen LogP contribution is -2.23. The van der Waals surface area contributed by atoms with E-state index < -0.39 is 17.8 Å². The molecule has 0 aliphatic heterocycles. The van der Waals surface area contributed by atoms with Gasteiger partial charge in [0, 0.05) is 11.5 Å². The Morgan fingerprint density at radius 3 is 2.53 bits per heavy atom. The monoisotopic (exact) mass is 240 g/mol. The van der Waals surface area contributed by atoms with Crippen molar-refractivity contribution < 1.29 is 18.7 Å². The molecule has 0 radical (unpaired) electrons. The second-order valence-electron chi connectivity index (χ2n) is 4.49. The molecule has 0 saturated heterocycles. The summed E-state index contributed by atoms with van der Waals surface area (Å²) < 4.78 is 28.2. The fourth-order valence-electron chi connectivity index (χ4n) is 2.38. The topological polar surface area (TPSA) is 37.3 Å². The van der Waals surface area contributed by atoms with Crippen molar-refractivity contribution in [2.24, 2.45) is 5.92 Å². The predicted molar refractivity (Wildman–Crippen MR) is 59.3 cm³/mol. The summed E-state index contributed by atoms with van der Waals surface area (Å²) in [5, 5.41) is 8.80. The first-order valence-electron chi connectivity index (χ1n) is 5.73. The van der Waals surface area contributed by atoms with Gasteiger partial charge in [-0.25, -0.2) is 13.6 Å². The van der Waals surface area contributed by atoms with E-state index in [0.29, 0.717) is 12.8 Å². The first-order valence-corrected chi connectivity index (χ1v) is 5.73. The van der Waals surface area contributed by atoms with Crippen LogP contribution in [0.1, 0.15) is 41.6 Å². The number of carboxylic acids is 1. The number of carbonyl (C=O) groups is 1. The van der Waals surface area contributed by atoms with Gasteiger partial charge in [-0.1, -0.05) is 25.0 Å². The molecule has 1 fully saturated rings. The summed E-state index contributed by atoms with van der Waals surface area (Å²) in [6, 6.07) is 5.10. The number of hydrogen-bond acceptors (Lipinski definition) is 1. The van der Waals surface area contributed by atoms with Crippen LogP contribution in [-0.4, -0.2) is 11.1 Å². The zero-order valence-electron chi connectivity index (χ0n) is 9.33. The van der Waals surface area contributed by atoms with E-state index in [4.69, 9.17) is 5.11 Å². The van der Waals surface area contributed by atoms with Crippen molar-refractivity contribution in [3.8, 4) is 0 Å².